The van der Waals surface area contributed by atoms with Crippen LogP contribution >= 0.6 is 0 Å². The Morgan fingerprint density at radius 2 is 1.66 bits per heavy atom. The molecular weight excluding hydrogens is 362 g/mol. The Hall–Kier alpha value is -3.47. The normalized spacial score (nSPS) is 12.9. The summed E-state index contributed by atoms with van der Waals surface area (Å²) in [5, 5.41) is 2.89. The second kappa shape index (κ2) is 8.27. The van der Waals surface area contributed by atoms with Crippen LogP contribution in [0.3, 0.4) is 0 Å². The molecule has 0 radical (unpaired) electrons. The fourth-order valence-electron chi connectivity index (χ4n) is 3.59. The van der Waals surface area contributed by atoms with Gasteiger partial charge < -0.3 is 10.2 Å². The summed E-state index contributed by atoms with van der Waals surface area (Å²) in [7, 11) is 0. The monoisotopic (exact) mass is 385 g/mol. The maximum atomic E-state index is 12.9. The highest BCUT2D eigenvalue weighted by atomic mass is 16.2. The molecule has 0 bridgehead atoms. The molecule has 1 aliphatic heterocycles. The van der Waals surface area contributed by atoms with Crippen LogP contribution in [0.2, 0.25) is 0 Å². The Morgan fingerprint density at radius 3 is 2.48 bits per heavy atom. The van der Waals surface area contributed by atoms with Crippen LogP contribution in [-0.2, 0) is 19.5 Å². The largest absolute Gasteiger partial charge is 0.347 e. The van der Waals surface area contributed by atoms with Crippen molar-refractivity contribution in [1.82, 2.24) is 15.2 Å². The van der Waals surface area contributed by atoms with Gasteiger partial charge in [-0.1, -0.05) is 54.6 Å². The van der Waals surface area contributed by atoms with E-state index in [0.717, 1.165) is 17.5 Å². The first-order valence-corrected chi connectivity index (χ1v) is 9.77. The molecule has 4 rings (SSSR count). The number of carbonyl (C=O) groups is 2. The fraction of sp³-hybridized carbons (Fsp3) is 0.208. The van der Waals surface area contributed by atoms with Crippen molar-refractivity contribution in [2.75, 3.05) is 6.54 Å². The number of rotatable bonds is 4. The van der Waals surface area contributed by atoms with Gasteiger partial charge in [0.25, 0.3) is 11.8 Å². The van der Waals surface area contributed by atoms with Gasteiger partial charge in [-0.15, -0.1) is 0 Å². The van der Waals surface area contributed by atoms with Gasteiger partial charge in [0.15, 0.2) is 0 Å². The Labute approximate surface area is 170 Å². The standard InChI is InChI=1S/C24H23N3O2/c1-17-7-2-3-9-19(17)15-25-23(28)21-11-6-12-22(26-21)24(29)27-14-13-18-8-4-5-10-20(18)16-27/h2-12H,13-16H2,1H3,(H,25,28). The van der Waals surface area contributed by atoms with Gasteiger partial charge in [0, 0.05) is 19.6 Å². The van der Waals surface area contributed by atoms with E-state index in [0.29, 0.717) is 25.3 Å². The molecule has 0 saturated heterocycles. The minimum Gasteiger partial charge on any atom is -0.347 e. The lowest BCUT2D eigenvalue weighted by atomic mass is 10.00. The molecule has 146 valence electrons. The number of nitrogens with one attached hydrogen (secondary N) is 1. The van der Waals surface area contributed by atoms with Crippen molar-refractivity contribution < 1.29 is 9.59 Å². The van der Waals surface area contributed by atoms with E-state index >= 15 is 0 Å². The SMILES string of the molecule is Cc1ccccc1CNC(=O)c1cccc(C(=O)N2CCc3ccccc3C2)n1. The van der Waals surface area contributed by atoms with Crippen LogP contribution in [0.15, 0.2) is 66.7 Å². The van der Waals surface area contributed by atoms with E-state index < -0.39 is 0 Å². The van der Waals surface area contributed by atoms with Crippen molar-refractivity contribution in [3.63, 3.8) is 0 Å². The number of hydrogen-bond donors (Lipinski definition) is 1. The highest BCUT2D eigenvalue weighted by molar-refractivity contribution is 5.96. The molecular formula is C24H23N3O2. The number of nitrogens with zero attached hydrogens (tertiary/aromatic N) is 2. The molecule has 1 aliphatic rings. The van der Waals surface area contributed by atoms with E-state index in [1.165, 1.54) is 11.1 Å². The molecule has 5 nitrogen and oxygen atoms in total. The summed E-state index contributed by atoms with van der Waals surface area (Å²) in [4.78, 5) is 31.6. The van der Waals surface area contributed by atoms with Gasteiger partial charge in [-0.25, -0.2) is 4.98 Å². The molecule has 3 aromatic rings. The van der Waals surface area contributed by atoms with Gasteiger partial charge in [0.2, 0.25) is 0 Å². The third-order valence-corrected chi connectivity index (χ3v) is 5.32. The minimum absolute atomic E-state index is 0.145. The Balaban J connectivity index is 1.45. The van der Waals surface area contributed by atoms with E-state index in [4.69, 9.17) is 0 Å². The maximum absolute atomic E-state index is 12.9. The summed E-state index contributed by atoms with van der Waals surface area (Å²) in [6.45, 7) is 3.66. The first-order chi connectivity index (χ1) is 14.1. The molecule has 1 aromatic heterocycles. The molecule has 0 aliphatic carbocycles. The molecule has 0 unspecified atom stereocenters. The molecule has 1 N–H and O–H groups in total. The molecule has 5 heteroatoms. The van der Waals surface area contributed by atoms with Crippen LogP contribution in [0, 0.1) is 6.92 Å². The van der Waals surface area contributed by atoms with Gasteiger partial charge in [0.05, 0.1) is 0 Å². The average Bonchev–Trinajstić information content (AvgIpc) is 2.77. The summed E-state index contributed by atoms with van der Waals surface area (Å²) in [6, 6.07) is 21.1. The van der Waals surface area contributed by atoms with Gasteiger partial charge in [0.1, 0.15) is 11.4 Å². The van der Waals surface area contributed by atoms with E-state index in [9.17, 15) is 9.59 Å². The summed E-state index contributed by atoms with van der Waals surface area (Å²) < 4.78 is 0. The number of carbonyl (C=O) groups excluding carboxylic acids is 2. The average molecular weight is 385 g/mol. The molecule has 0 saturated carbocycles. The zero-order chi connectivity index (χ0) is 20.2. The van der Waals surface area contributed by atoms with Gasteiger partial charge >= 0.3 is 0 Å². The summed E-state index contributed by atoms with van der Waals surface area (Å²) in [5.41, 5.74) is 5.18. The highest BCUT2D eigenvalue weighted by Gasteiger charge is 2.23. The van der Waals surface area contributed by atoms with E-state index in [1.54, 1.807) is 23.1 Å². The number of amides is 2. The number of pyridine rings is 1. The fourth-order valence-corrected chi connectivity index (χ4v) is 3.59. The molecule has 2 aromatic carbocycles. The van der Waals surface area contributed by atoms with Crippen molar-refractivity contribution in [1.29, 1.82) is 0 Å². The number of hydrogen-bond acceptors (Lipinski definition) is 3. The van der Waals surface area contributed by atoms with Crippen LogP contribution in [0.4, 0.5) is 0 Å². The maximum Gasteiger partial charge on any atom is 0.272 e. The summed E-state index contributed by atoms with van der Waals surface area (Å²) in [5.74, 6) is -0.431. The Morgan fingerprint density at radius 1 is 0.931 bits per heavy atom. The number of benzene rings is 2. The molecule has 2 heterocycles. The van der Waals surface area contributed by atoms with Crippen molar-refractivity contribution in [3.05, 3.63) is 100 Å². The van der Waals surface area contributed by atoms with Crippen molar-refractivity contribution >= 4 is 11.8 Å². The highest BCUT2D eigenvalue weighted by Crippen LogP contribution is 2.20. The molecule has 29 heavy (non-hydrogen) atoms. The van der Waals surface area contributed by atoms with E-state index in [-0.39, 0.29) is 17.5 Å². The Bertz CT molecular complexity index is 1060. The molecule has 0 atom stereocenters. The predicted octanol–water partition coefficient (Wildman–Crippen LogP) is 3.52. The van der Waals surface area contributed by atoms with Gasteiger partial charge in [-0.05, 0) is 47.7 Å². The van der Waals surface area contributed by atoms with Crippen LogP contribution < -0.4 is 5.32 Å². The smallest absolute Gasteiger partial charge is 0.272 e. The van der Waals surface area contributed by atoms with Crippen LogP contribution in [0.1, 0.15) is 43.2 Å². The minimum atomic E-state index is -0.285. The zero-order valence-electron chi connectivity index (χ0n) is 16.4. The zero-order valence-corrected chi connectivity index (χ0v) is 16.4. The number of aromatic nitrogens is 1. The number of aryl methyl sites for hydroxylation is 1. The third-order valence-electron chi connectivity index (χ3n) is 5.32. The van der Waals surface area contributed by atoms with E-state index in [1.807, 2.05) is 43.3 Å². The molecule has 0 spiro atoms. The molecule has 0 fully saturated rings. The predicted molar refractivity (Wildman–Crippen MR) is 111 cm³/mol. The van der Waals surface area contributed by atoms with Crippen molar-refractivity contribution in [2.45, 2.75) is 26.4 Å². The number of fused-ring (bicyclic) bond motifs is 1. The lowest BCUT2D eigenvalue weighted by molar-refractivity contribution is 0.0728. The molecule has 2 amide bonds. The van der Waals surface area contributed by atoms with Gasteiger partial charge in [-0.3, -0.25) is 9.59 Å². The van der Waals surface area contributed by atoms with Crippen molar-refractivity contribution in [2.24, 2.45) is 0 Å². The summed E-state index contributed by atoms with van der Waals surface area (Å²) in [6.07, 6.45) is 0.832. The van der Waals surface area contributed by atoms with Crippen LogP contribution in [-0.4, -0.2) is 28.2 Å². The van der Waals surface area contributed by atoms with Crippen LogP contribution in [0.25, 0.3) is 0 Å². The Kier molecular flexibility index (Phi) is 5.38. The lowest BCUT2D eigenvalue weighted by Crippen LogP contribution is -2.36. The van der Waals surface area contributed by atoms with E-state index in [2.05, 4.69) is 22.4 Å². The van der Waals surface area contributed by atoms with Crippen molar-refractivity contribution in [3.8, 4) is 0 Å². The second-order valence-electron chi connectivity index (χ2n) is 7.26. The van der Waals surface area contributed by atoms with Gasteiger partial charge in [-0.2, -0.15) is 0 Å². The first-order valence-electron chi connectivity index (χ1n) is 9.77. The topological polar surface area (TPSA) is 62.3 Å². The summed E-state index contributed by atoms with van der Waals surface area (Å²) >= 11 is 0. The quantitative estimate of drug-likeness (QED) is 0.747. The van der Waals surface area contributed by atoms with Crippen LogP contribution in [0.5, 0.6) is 0 Å². The lowest BCUT2D eigenvalue weighted by Gasteiger charge is -2.28. The second-order valence-corrected chi connectivity index (χ2v) is 7.26. The first kappa shape index (κ1) is 18.9. The third kappa shape index (κ3) is 4.19.